The standard InChI is InChI=1S/C21H26N4O.HI/c1-4-22-21(24-14-20-25-15(2)16(3)26-20)23-13-12-18-10-7-9-17-8-5-6-11-19(17)18;/h5-11H,4,12-14H2,1-3H3,(H2,22,23,24);1H. The fourth-order valence-corrected chi connectivity index (χ4v) is 2.92. The molecule has 0 aliphatic carbocycles. The van der Waals surface area contributed by atoms with Crippen LogP contribution in [0.1, 0.15) is 29.8 Å². The topological polar surface area (TPSA) is 62.5 Å². The number of oxazole rings is 1. The van der Waals surface area contributed by atoms with E-state index in [4.69, 9.17) is 4.42 Å². The maximum Gasteiger partial charge on any atom is 0.216 e. The SMILES string of the molecule is CCNC(=NCc1nc(C)c(C)o1)NCCc1cccc2ccccc12.I. The lowest BCUT2D eigenvalue weighted by atomic mass is 10.0. The molecule has 3 rings (SSSR count). The van der Waals surface area contributed by atoms with Gasteiger partial charge < -0.3 is 15.1 Å². The van der Waals surface area contributed by atoms with Gasteiger partial charge in [0.2, 0.25) is 5.89 Å². The van der Waals surface area contributed by atoms with E-state index in [0.717, 1.165) is 36.9 Å². The van der Waals surface area contributed by atoms with Gasteiger partial charge in [-0.05, 0) is 43.5 Å². The van der Waals surface area contributed by atoms with Crippen LogP contribution in [0.2, 0.25) is 0 Å². The average molecular weight is 478 g/mol. The second kappa shape index (κ2) is 10.3. The number of aliphatic imine (C=N–C) groups is 1. The molecule has 27 heavy (non-hydrogen) atoms. The van der Waals surface area contributed by atoms with Gasteiger partial charge in [-0.15, -0.1) is 24.0 Å². The molecule has 1 heterocycles. The average Bonchev–Trinajstić information content (AvgIpc) is 2.97. The Morgan fingerprint density at radius 1 is 1.07 bits per heavy atom. The van der Waals surface area contributed by atoms with Crippen molar-refractivity contribution in [3.63, 3.8) is 0 Å². The van der Waals surface area contributed by atoms with Gasteiger partial charge in [0.25, 0.3) is 0 Å². The summed E-state index contributed by atoms with van der Waals surface area (Å²) in [6.07, 6.45) is 0.934. The summed E-state index contributed by atoms with van der Waals surface area (Å²) in [6.45, 7) is 7.97. The van der Waals surface area contributed by atoms with E-state index >= 15 is 0 Å². The number of aryl methyl sites for hydroxylation is 2. The highest BCUT2D eigenvalue weighted by atomic mass is 127. The van der Waals surface area contributed by atoms with Crippen LogP contribution >= 0.6 is 24.0 Å². The number of nitrogens with zero attached hydrogens (tertiary/aromatic N) is 2. The van der Waals surface area contributed by atoms with E-state index in [9.17, 15) is 0 Å². The minimum absolute atomic E-state index is 0. The van der Waals surface area contributed by atoms with Crippen LogP contribution in [0.25, 0.3) is 10.8 Å². The van der Waals surface area contributed by atoms with E-state index in [1.807, 2.05) is 13.8 Å². The van der Waals surface area contributed by atoms with E-state index in [1.54, 1.807) is 0 Å². The Kier molecular flexibility index (Phi) is 8.09. The number of aromatic nitrogens is 1. The Balaban J connectivity index is 0.00000261. The van der Waals surface area contributed by atoms with Crippen LogP contribution in [0.5, 0.6) is 0 Å². The largest absolute Gasteiger partial charge is 0.444 e. The molecule has 0 unspecified atom stereocenters. The molecule has 144 valence electrons. The third kappa shape index (κ3) is 5.69. The third-order valence-corrected chi connectivity index (χ3v) is 4.36. The summed E-state index contributed by atoms with van der Waals surface area (Å²) in [5, 5.41) is 9.25. The summed E-state index contributed by atoms with van der Waals surface area (Å²) >= 11 is 0. The fourth-order valence-electron chi connectivity index (χ4n) is 2.92. The molecule has 0 saturated heterocycles. The molecule has 0 saturated carbocycles. The third-order valence-electron chi connectivity index (χ3n) is 4.36. The molecule has 0 amide bonds. The molecule has 0 bridgehead atoms. The van der Waals surface area contributed by atoms with Gasteiger partial charge in [0.1, 0.15) is 12.3 Å². The van der Waals surface area contributed by atoms with E-state index in [0.29, 0.717) is 12.4 Å². The Morgan fingerprint density at radius 2 is 1.85 bits per heavy atom. The van der Waals surface area contributed by atoms with Gasteiger partial charge >= 0.3 is 0 Å². The molecule has 5 nitrogen and oxygen atoms in total. The summed E-state index contributed by atoms with van der Waals surface area (Å²) in [5.41, 5.74) is 2.26. The molecule has 0 spiro atoms. The number of halogens is 1. The summed E-state index contributed by atoms with van der Waals surface area (Å²) in [6, 6.07) is 14.9. The number of guanidine groups is 1. The van der Waals surface area contributed by atoms with Crippen LogP contribution in [0, 0.1) is 13.8 Å². The van der Waals surface area contributed by atoms with Crippen molar-refractivity contribution in [2.24, 2.45) is 4.99 Å². The normalized spacial score (nSPS) is 11.3. The van der Waals surface area contributed by atoms with Gasteiger partial charge in [0.15, 0.2) is 5.96 Å². The van der Waals surface area contributed by atoms with Crippen molar-refractivity contribution in [3.8, 4) is 0 Å². The van der Waals surface area contributed by atoms with Crippen LogP contribution in [0.15, 0.2) is 51.9 Å². The molecule has 6 heteroatoms. The Hall–Kier alpha value is -2.09. The molecule has 3 aromatic rings. The number of hydrogen-bond donors (Lipinski definition) is 2. The van der Waals surface area contributed by atoms with Gasteiger partial charge in [-0.3, -0.25) is 0 Å². The lowest BCUT2D eigenvalue weighted by Crippen LogP contribution is -2.38. The van der Waals surface area contributed by atoms with Gasteiger partial charge in [-0.2, -0.15) is 0 Å². The minimum atomic E-state index is 0. The summed E-state index contributed by atoms with van der Waals surface area (Å²) < 4.78 is 5.59. The smallest absolute Gasteiger partial charge is 0.216 e. The minimum Gasteiger partial charge on any atom is -0.444 e. The predicted molar refractivity (Wildman–Crippen MR) is 122 cm³/mol. The maximum atomic E-state index is 5.59. The monoisotopic (exact) mass is 478 g/mol. The Morgan fingerprint density at radius 3 is 2.59 bits per heavy atom. The Labute approximate surface area is 177 Å². The molecule has 2 N–H and O–H groups in total. The van der Waals surface area contributed by atoms with E-state index < -0.39 is 0 Å². The summed E-state index contributed by atoms with van der Waals surface area (Å²) in [4.78, 5) is 8.94. The lowest BCUT2D eigenvalue weighted by Gasteiger charge is -2.12. The quantitative estimate of drug-likeness (QED) is 0.314. The molecule has 0 aliphatic rings. The zero-order valence-corrected chi connectivity index (χ0v) is 18.4. The van der Waals surface area contributed by atoms with Crippen molar-refractivity contribution in [1.29, 1.82) is 0 Å². The Bertz CT molecular complexity index is 879. The number of benzene rings is 2. The summed E-state index contributed by atoms with van der Waals surface area (Å²) in [7, 11) is 0. The van der Waals surface area contributed by atoms with Gasteiger partial charge in [-0.1, -0.05) is 42.5 Å². The zero-order valence-electron chi connectivity index (χ0n) is 16.1. The van der Waals surface area contributed by atoms with Gasteiger partial charge in [0, 0.05) is 13.1 Å². The first-order chi connectivity index (χ1) is 12.7. The van der Waals surface area contributed by atoms with Crippen molar-refractivity contribution in [2.75, 3.05) is 13.1 Å². The molecule has 2 aromatic carbocycles. The van der Waals surface area contributed by atoms with E-state index in [-0.39, 0.29) is 24.0 Å². The number of hydrogen-bond acceptors (Lipinski definition) is 3. The molecule has 1 aromatic heterocycles. The molecular formula is C21H27IN4O. The maximum absolute atomic E-state index is 5.59. The van der Waals surface area contributed by atoms with Crippen LogP contribution in [-0.4, -0.2) is 24.0 Å². The first kappa shape index (κ1) is 21.2. The highest BCUT2D eigenvalue weighted by molar-refractivity contribution is 14.0. The fraction of sp³-hybridized carbons (Fsp3) is 0.333. The van der Waals surface area contributed by atoms with Crippen molar-refractivity contribution in [1.82, 2.24) is 15.6 Å². The first-order valence-corrected chi connectivity index (χ1v) is 9.09. The van der Waals surface area contributed by atoms with Crippen LogP contribution < -0.4 is 10.6 Å². The lowest BCUT2D eigenvalue weighted by molar-refractivity contribution is 0.473. The molecule has 0 aliphatic heterocycles. The van der Waals surface area contributed by atoms with Crippen molar-refractivity contribution < 1.29 is 4.42 Å². The number of nitrogens with one attached hydrogen (secondary N) is 2. The van der Waals surface area contributed by atoms with Crippen molar-refractivity contribution in [3.05, 3.63) is 65.4 Å². The molecule has 0 radical (unpaired) electrons. The van der Waals surface area contributed by atoms with Gasteiger partial charge in [0.05, 0.1) is 5.69 Å². The van der Waals surface area contributed by atoms with E-state index in [1.165, 1.54) is 16.3 Å². The van der Waals surface area contributed by atoms with Crippen LogP contribution in [0.3, 0.4) is 0 Å². The van der Waals surface area contributed by atoms with Gasteiger partial charge in [-0.25, -0.2) is 9.98 Å². The molecule has 0 atom stereocenters. The van der Waals surface area contributed by atoms with Crippen molar-refractivity contribution in [2.45, 2.75) is 33.7 Å². The second-order valence-electron chi connectivity index (χ2n) is 6.26. The van der Waals surface area contributed by atoms with Crippen molar-refractivity contribution >= 4 is 40.7 Å². The highest BCUT2D eigenvalue weighted by Gasteiger charge is 2.06. The first-order valence-electron chi connectivity index (χ1n) is 9.09. The molecular weight excluding hydrogens is 451 g/mol. The van der Waals surface area contributed by atoms with Crippen LogP contribution in [0.4, 0.5) is 0 Å². The second-order valence-corrected chi connectivity index (χ2v) is 6.26. The van der Waals surface area contributed by atoms with E-state index in [2.05, 4.69) is 70.0 Å². The predicted octanol–water partition coefficient (Wildman–Crippen LogP) is 4.36. The number of rotatable bonds is 6. The molecule has 0 fully saturated rings. The highest BCUT2D eigenvalue weighted by Crippen LogP contribution is 2.18. The van der Waals surface area contributed by atoms with Crippen LogP contribution in [-0.2, 0) is 13.0 Å². The number of fused-ring (bicyclic) bond motifs is 1. The zero-order chi connectivity index (χ0) is 18.4. The summed E-state index contributed by atoms with van der Waals surface area (Å²) in [5.74, 6) is 2.27.